The van der Waals surface area contributed by atoms with Crippen LogP contribution in [0, 0.1) is 0 Å². The number of hydrogen-bond acceptors (Lipinski definition) is 3. The minimum atomic E-state index is -0.210. The molecule has 0 atom stereocenters. The fourth-order valence-electron chi connectivity index (χ4n) is 1.59. The maximum atomic E-state index is 11.5. The summed E-state index contributed by atoms with van der Waals surface area (Å²) in [6.45, 7) is 0. The summed E-state index contributed by atoms with van der Waals surface area (Å²) in [4.78, 5) is 11.5. The molecular formula is C14H12Cl2N2O2. The van der Waals surface area contributed by atoms with Gasteiger partial charge in [0.1, 0.15) is 11.5 Å². The summed E-state index contributed by atoms with van der Waals surface area (Å²) in [5.74, 6) is 0.743. The van der Waals surface area contributed by atoms with Crippen molar-refractivity contribution in [3.8, 4) is 11.5 Å². The zero-order valence-corrected chi connectivity index (χ0v) is 12.1. The summed E-state index contributed by atoms with van der Waals surface area (Å²) in [7, 11) is 1.55. The highest BCUT2D eigenvalue weighted by Gasteiger charge is 2.09. The first-order chi connectivity index (χ1) is 9.51. The lowest BCUT2D eigenvalue weighted by Gasteiger charge is -2.10. The first-order valence-electron chi connectivity index (χ1n) is 5.76. The zero-order chi connectivity index (χ0) is 14.7. The van der Waals surface area contributed by atoms with E-state index in [0.717, 1.165) is 0 Å². The van der Waals surface area contributed by atoms with Crippen molar-refractivity contribution in [1.82, 2.24) is 5.32 Å². The normalized spacial score (nSPS) is 10.2. The Labute approximate surface area is 126 Å². The van der Waals surface area contributed by atoms with E-state index in [-0.39, 0.29) is 5.91 Å². The van der Waals surface area contributed by atoms with Gasteiger partial charge in [0.15, 0.2) is 0 Å². The van der Waals surface area contributed by atoms with E-state index in [1.807, 2.05) is 0 Å². The number of nitrogens with two attached hydrogens (primary N) is 1. The average molecular weight is 311 g/mol. The van der Waals surface area contributed by atoms with Crippen LogP contribution in [0.4, 0.5) is 5.69 Å². The third-order valence-corrected chi connectivity index (χ3v) is 3.36. The number of ether oxygens (including phenoxy) is 1. The van der Waals surface area contributed by atoms with Gasteiger partial charge < -0.3 is 15.8 Å². The number of benzene rings is 2. The SMILES string of the molecule is CNC(=O)c1ccc(Oc2ccc(Cl)c(Cl)c2)c(N)c1. The second kappa shape index (κ2) is 6.03. The number of anilines is 1. The molecular weight excluding hydrogens is 299 g/mol. The summed E-state index contributed by atoms with van der Waals surface area (Å²) in [5.41, 5.74) is 6.69. The molecule has 0 heterocycles. The third-order valence-electron chi connectivity index (χ3n) is 2.62. The zero-order valence-electron chi connectivity index (χ0n) is 10.6. The Morgan fingerprint density at radius 1 is 1.15 bits per heavy atom. The van der Waals surface area contributed by atoms with Crippen LogP contribution in [-0.2, 0) is 0 Å². The van der Waals surface area contributed by atoms with Crippen molar-refractivity contribution >= 4 is 34.8 Å². The Morgan fingerprint density at radius 2 is 1.90 bits per heavy atom. The molecule has 0 spiro atoms. The molecule has 2 aromatic rings. The summed E-state index contributed by atoms with van der Waals surface area (Å²) >= 11 is 11.7. The quantitative estimate of drug-likeness (QED) is 0.849. The lowest BCUT2D eigenvalue weighted by atomic mass is 10.2. The molecule has 6 heteroatoms. The predicted octanol–water partition coefficient (Wildman–Crippen LogP) is 3.73. The van der Waals surface area contributed by atoms with Crippen molar-refractivity contribution in [2.45, 2.75) is 0 Å². The van der Waals surface area contributed by atoms with Crippen LogP contribution in [0.5, 0.6) is 11.5 Å². The molecule has 2 rings (SSSR count). The molecule has 0 aliphatic heterocycles. The number of rotatable bonds is 3. The van der Waals surface area contributed by atoms with Crippen molar-refractivity contribution in [2.24, 2.45) is 0 Å². The highest BCUT2D eigenvalue weighted by Crippen LogP contribution is 2.32. The van der Waals surface area contributed by atoms with Gasteiger partial charge in [0.2, 0.25) is 0 Å². The fourth-order valence-corrected chi connectivity index (χ4v) is 1.88. The van der Waals surface area contributed by atoms with Crippen LogP contribution in [0.2, 0.25) is 10.0 Å². The van der Waals surface area contributed by atoms with Crippen LogP contribution in [0.1, 0.15) is 10.4 Å². The van der Waals surface area contributed by atoms with E-state index >= 15 is 0 Å². The molecule has 0 aliphatic rings. The maximum Gasteiger partial charge on any atom is 0.251 e. The molecule has 2 aromatic carbocycles. The number of nitrogen functional groups attached to an aromatic ring is 1. The number of amides is 1. The summed E-state index contributed by atoms with van der Waals surface area (Å²) in [5, 5.41) is 3.36. The molecule has 0 fully saturated rings. The molecule has 4 nitrogen and oxygen atoms in total. The number of halogens is 2. The molecule has 1 amide bonds. The van der Waals surface area contributed by atoms with Gasteiger partial charge in [-0.05, 0) is 30.3 Å². The van der Waals surface area contributed by atoms with Gasteiger partial charge in [-0.15, -0.1) is 0 Å². The van der Waals surface area contributed by atoms with Gasteiger partial charge >= 0.3 is 0 Å². The Balaban J connectivity index is 2.25. The summed E-state index contributed by atoms with van der Waals surface area (Å²) in [6.07, 6.45) is 0. The average Bonchev–Trinajstić information content (AvgIpc) is 2.44. The molecule has 104 valence electrons. The van der Waals surface area contributed by atoms with Crippen LogP contribution < -0.4 is 15.8 Å². The van der Waals surface area contributed by atoms with E-state index in [4.69, 9.17) is 33.7 Å². The van der Waals surface area contributed by atoms with Crippen LogP contribution in [0.25, 0.3) is 0 Å². The van der Waals surface area contributed by atoms with Gasteiger partial charge in [0.05, 0.1) is 15.7 Å². The van der Waals surface area contributed by atoms with Gasteiger partial charge in [0.25, 0.3) is 5.91 Å². The second-order valence-corrected chi connectivity index (χ2v) is 4.82. The van der Waals surface area contributed by atoms with Crippen molar-refractivity contribution in [2.75, 3.05) is 12.8 Å². The van der Waals surface area contributed by atoms with Crippen molar-refractivity contribution in [1.29, 1.82) is 0 Å². The first-order valence-corrected chi connectivity index (χ1v) is 6.51. The van der Waals surface area contributed by atoms with E-state index in [0.29, 0.717) is 32.8 Å². The Morgan fingerprint density at radius 3 is 2.50 bits per heavy atom. The molecule has 0 aliphatic carbocycles. The van der Waals surface area contributed by atoms with Gasteiger partial charge in [-0.2, -0.15) is 0 Å². The van der Waals surface area contributed by atoms with Gasteiger partial charge in [-0.3, -0.25) is 4.79 Å². The molecule has 0 unspecified atom stereocenters. The van der Waals surface area contributed by atoms with Crippen LogP contribution >= 0.6 is 23.2 Å². The number of carbonyl (C=O) groups is 1. The minimum Gasteiger partial charge on any atom is -0.455 e. The highest BCUT2D eigenvalue weighted by atomic mass is 35.5. The molecule has 0 radical (unpaired) electrons. The lowest BCUT2D eigenvalue weighted by molar-refractivity contribution is 0.0963. The van der Waals surface area contributed by atoms with E-state index < -0.39 is 0 Å². The largest absolute Gasteiger partial charge is 0.455 e. The van der Waals surface area contributed by atoms with Crippen LogP contribution in [0.3, 0.4) is 0 Å². The summed E-state index contributed by atoms with van der Waals surface area (Å²) < 4.78 is 5.61. The van der Waals surface area contributed by atoms with Gasteiger partial charge in [0, 0.05) is 18.7 Å². The second-order valence-electron chi connectivity index (χ2n) is 4.01. The van der Waals surface area contributed by atoms with Crippen molar-refractivity contribution < 1.29 is 9.53 Å². The number of carbonyl (C=O) groups excluding carboxylic acids is 1. The summed E-state index contributed by atoms with van der Waals surface area (Å²) in [6, 6.07) is 9.71. The maximum absolute atomic E-state index is 11.5. The van der Waals surface area contributed by atoms with E-state index in [2.05, 4.69) is 5.32 Å². The number of nitrogens with one attached hydrogen (secondary N) is 1. The monoisotopic (exact) mass is 310 g/mol. The van der Waals surface area contributed by atoms with E-state index in [1.54, 1.807) is 43.4 Å². The van der Waals surface area contributed by atoms with Crippen LogP contribution in [-0.4, -0.2) is 13.0 Å². The Kier molecular flexibility index (Phi) is 4.37. The smallest absolute Gasteiger partial charge is 0.251 e. The highest BCUT2D eigenvalue weighted by molar-refractivity contribution is 6.42. The fraction of sp³-hybridized carbons (Fsp3) is 0.0714. The van der Waals surface area contributed by atoms with Crippen LogP contribution in [0.15, 0.2) is 36.4 Å². The lowest BCUT2D eigenvalue weighted by Crippen LogP contribution is -2.17. The minimum absolute atomic E-state index is 0.210. The van der Waals surface area contributed by atoms with Gasteiger partial charge in [-0.25, -0.2) is 0 Å². The molecule has 20 heavy (non-hydrogen) atoms. The molecule has 0 aromatic heterocycles. The third kappa shape index (κ3) is 3.15. The standard InChI is InChI=1S/C14H12Cl2N2O2/c1-18-14(19)8-2-5-13(12(17)6-8)20-9-3-4-10(15)11(16)7-9/h2-7H,17H2,1H3,(H,18,19). The van der Waals surface area contributed by atoms with Crippen molar-refractivity contribution in [3.05, 3.63) is 52.0 Å². The number of hydrogen-bond donors (Lipinski definition) is 2. The Bertz CT molecular complexity index is 660. The van der Waals surface area contributed by atoms with E-state index in [1.165, 1.54) is 0 Å². The molecule has 0 saturated carbocycles. The first kappa shape index (κ1) is 14.5. The van der Waals surface area contributed by atoms with Gasteiger partial charge in [-0.1, -0.05) is 23.2 Å². The molecule has 0 saturated heterocycles. The van der Waals surface area contributed by atoms with Crippen molar-refractivity contribution in [3.63, 3.8) is 0 Å². The molecule has 3 N–H and O–H groups in total. The molecule has 0 bridgehead atoms. The van der Waals surface area contributed by atoms with E-state index in [9.17, 15) is 4.79 Å². The Hall–Kier alpha value is -1.91. The predicted molar refractivity (Wildman–Crippen MR) is 80.8 cm³/mol. The topological polar surface area (TPSA) is 64.3 Å².